The van der Waals surface area contributed by atoms with Gasteiger partial charge in [-0.15, -0.1) is 11.3 Å². The Hall–Kier alpha value is -1.08. The van der Waals surface area contributed by atoms with Crippen LogP contribution in [-0.2, 0) is 16.6 Å². The second-order valence-electron chi connectivity index (χ2n) is 4.04. The van der Waals surface area contributed by atoms with Gasteiger partial charge in [-0.2, -0.15) is 0 Å². The standard InChI is InChI=1S/C12H13ClN2O2S2/c1-8-2-3-10(13)5-11(8)15-19(16,17)12-4-9(6-14)7-18-12/h2-5,7,15H,6,14H2,1H3. The van der Waals surface area contributed by atoms with Gasteiger partial charge in [-0.25, -0.2) is 8.42 Å². The Morgan fingerprint density at radius 2 is 2.11 bits per heavy atom. The Kier molecular flexibility index (Phi) is 4.15. The molecule has 1 aromatic heterocycles. The van der Waals surface area contributed by atoms with Crippen LogP contribution in [0, 0.1) is 6.92 Å². The summed E-state index contributed by atoms with van der Waals surface area (Å²) in [7, 11) is -3.59. The number of nitrogens with one attached hydrogen (secondary N) is 1. The third-order valence-corrected chi connectivity index (χ3v) is 5.66. The maximum absolute atomic E-state index is 12.2. The zero-order valence-electron chi connectivity index (χ0n) is 10.2. The molecule has 0 saturated heterocycles. The minimum Gasteiger partial charge on any atom is -0.326 e. The van der Waals surface area contributed by atoms with Crippen LogP contribution in [0.25, 0.3) is 0 Å². The van der Waals surface area contributed by atoms with Crippen molar-refractivity contribution in [3.63, 3.8) is 0 Å². The molecular formula is C12H13ClN2O2S2. The van der Waals surface area contributed by atoms with Crippen molar-refractivity contribution in [2.45, 2.75) is 17.7 Å². The largest absolute Gasteiger partial charge is 0.326 e. The van der Waals surface area contributed by atoms with Crippen LogP contribution in [0.1, 0.15) is 11.1 Å². The molecule has 0 aliphatic rings. The smallest absolute Gasteiger partial charge is 0.271 e. The summed E-state index contributed by atoms with van der Waals surface area (Å²) >= 11 is 7.02. The SMILES string of the molecule is Cc1ccc(Cl)cc1NS(=O)(=O)c1cc(CN)cs1. The number of thiophene rings is 1. The molecule has 0 aliphatic heterocycles. The molecule has 3 N–H and O–H groups in total. The van der Waals surface area contributed by atoms with E-state index in [0.717, 1.165) is 22.5 Å². The van der Waals surface area contributed by atoms with Gasteiger partial charge in [-0.1, -0.05) is 17.7 Å². The molecule has 2 rings (SSSR count). The summed E-state index contributed by atoms with van der Waals surface area (Å²) < 4.78 is 27.2. The molecule has 19 heavy (non-hydrogen) atoms. The van der Waals surface area contributed by atoms with E-state index in [1.54, 1.807) is 29.6 Å². The summed E-state index contributed by atoms with van der Waals surface area (Å²) in [5.41, 5.74) is 7.57. The molecule has 0 bridgehead atoms. The lowest BCUT2D eigenvalue weighted by molar-refractivity contribution is 0.603. The van der Waals surface area contributed by atoms with Crippen molar-refractivity contribution in [2.24, 2.45) is 5.73 Å². The Balaban J connectivity index is 2.33. The lowest BCUT2D eigenvalue weighted by atomic mass is 10.2. The first-order valence-electron chi connectivity index (χ1n) is 5.49. The molecule has 7 heteroatoms. The molecular weight excluding hydrogens is 304 g/mol. The summed E-state index contributed by atoms with van der Waals surface area (Å²) in [6, 6.07) is 6.64. The first-order chi connectivity index (χ1) is 8.92. The number of benzene rings is 1. The average molecular weight is 317 g/mol. The normalized spacial score (nSPS) is 11.5. The monoisotopic (exact) mass is 316 g/mol. The van der Waals surface area contributed by atoms with E-state index >= 15 is 0 Å². The Morgan fingerprint density at radius 3 is 2.74 bits per heavy atom. The van der Waals surface area contributed by atoms with Gasteiger partial charge in [-0.05, 0) is 41.6 Å². The van der Waals surface area contributed by atoms with E-state index in [1.165, 1.54) is 0 Å². The molecule has 0 atom stereocenters. The quantitative estimate of drug-likeness (QED) is 0.911. The number of hydrogen-bond donors (Lipinski definition) is 2. The first kappa shape index (κ1) is 14.3. The molecule has 1 heterocycles. The van der Waals surface area contributed by atoms with Crippen LogP contribution in [-0.4, -0.2) is 8.42 Å². The molecule has 0 radical (unpaired) electrons. The van der Waals surface area contributed by atoms with Gasteiger partial charge in [0.2, 0.25) is 0 Å². The van der Waals surface area contributed by atoms with E-state index in [-0.39, 0.29) is 4.21 Å². The van der Waals surface area contributed by atoms with Gasteiger partial charge in [0.1, 0.15) is 4.21 Å². The molecule has 0 amide bonds. The van der Waals surface area contributed by atoms with E-state index in [1.807, 2.05) is 6.92 Å². The third-order valence-electron chi connectivity index (χ3n) is 2.57. The van der Waals surface area contributed by atoms with Gasteiger partial charge >= 0.3 is 0 Å². The van der Waals surface area contributed by atoms with Crippen molar-refractivity contribution >= 4 is 38.6 Å². The zero-order valence-corrected chi connectivity index (χ0v) is 12.6. The van der Waals surface area contributed by atoms with Crippen molar-refractivity contribution in [2.75, 3.05) is 4.72 Å². The van der Waals surface area contributed by atoms with Crippen LogP contribution in [0.5, 0.6) is 0 Å². The van der Waals surface area contributed by atoms with Crippen LogP contribution in [0.3, 0.4) is 0 Å². The fourth-order valence-electron chi connectivity index (χ4n) is 1.50. The lowest BCUT2D eigenvalue weighted by Crippen LogP contribution is -2.12. The number of aryl methyl sites for hydroxylation is 1. The number of sulfonamides is 1. The van der Waals surface area contributed by atoms with Crippen molar-refractivity contribution in [1.82, 2.24) is 0 Å². The zero-order chi connectivity index (χ0) is 14.0. The van der Waals surface area contributed by atoms with Crippen LogP contribution in [0.15, 0.2) is 33.9 Å². The highest BCUT2D eigenvalue weighted by molar-refractivity contribution is 7.94. The molecule has 4 nitrogen and oxygen atoms in total. The van der Waals surface area contributed by atoms with Crippen molar-refractivity contribution in [1.29, 1.82) is 0 Å². The van der Waals surface area contributed by atoms with Gasteiger partial charge < -0.3 is 5.73 Å². The second-order valence-corrected chi connectivity index (χ2v) is 7.30. The Labute approximate surface area is 121 Å². The molecule has 2 aromatic rings. The van der Waals surface area contributed by atoms with E-state index in [0.29, 0.717) is 17.3 Å². The third kappa shape index (κ3) is 3.27. The van der Waals surface area contributed by atoms with Gasteiger partial charge in [0.05, 0.1) is 5.69 Å². The number of rotatable bonds is 4. The maximum atomic E-state index is 12.2. The van der Waals surface area contributed by atoms with Crippen LogP contribution >= 0.6 is 22.9 Å². The minimum atomic E-state index is -3.59. The summed E-state index contributed by atoms with van der Waals surface area (Å²) in [6.45, 7) is 2.14. The van der Waals surface area contributed by atoms with Gasteiger partial charge in [-0.3, -0.25) is 4.72 Å². The Morgan fingerprint density at radius 1 is 1.37 bits per heavy atom. The van der Waals surface area contributed by atoms with E-state index in [2.05, 4.69) is 4.72 Å². The number of nitrogens with two attached hydrogens (primary N) is 1. The molecule has 0 fully saturated rings. The highest BCUT2D eigenvalue weighted by atomic mass is 35.5. The van der Waals surface area contributed by atoms with Crippen molar-refractivity contribution in [3.8, 4) is 0 Å². The molecule has 102 valence electrons. The molecule has 0 spiro atoms. The lowest BCUT2D eigenvalue weighted by Gasteiger charge is -2.09. The summed E-state index contributed by atoms with van der Waals surface area (Å²) in [5, 5.41) is 2.22. The van der Waals surface area contributed by atoms with Crippen LogP contribution in [0.4, 0.5) is 5.69 Å². The predicted molar refractivity (Wildman–Crippen MR) is 79.2 cm³/mol. The highest BCUT2D eigenvalue weighted by Gasteiger charge is 2.17. The molecule has 0 unspecified atom stereocenters. The fourth-order valence-corrected chi connectivity index (χ4v) is 4.02. The van der Waals surface area contributed by atoms with E-state index in [4.69, 9.17) is 17.3 Å². The molecule has 0 saturated carbocycles. The topological polar surface area (TPSA) is 72.2 Å². The van der Waals surface area contributed by atoms with Gasteiger partial charge in [0.15, 0.2) is 0 Å². The first-order valence-corrected chi connectivity index (χ1v) is 8.23. The Bertz CT molecular complexity index is 696. The summed E-state index contributed by atoms with van der Waals surface area (Å²) in [5.74, 6) is 0. The van der Waals surface area contributed by atoms with E-state index < -0.39 is 10.0 Å². The minimum absolute atomic E-state index is 0.243. The highest BCUT2D eigenvalue weighted by Crippen LogP contribution is 2.26. The molecule has 1 aromatic carbocycles. The summed E-state index contributed by atoms with van der Waals surface area (Å²) in [6.07, 6.45) is 0. The van der Waals surface area contributed by atoms with Crippen LogP contribution in [0.2, 0.25) is 5.02 Å². The second kappa shape index (κ2) is 5.50. The fraction of sp³-hybridized carbons (Fsp3) is 0.167. The van der Waals surface area contributed by atoms with E-state index in [9.17, 15) is 8.42 Å². The van der Waals surface area contributed by atoms with Crippen molar-refractivity contribution in [3.05, 3.63) is 45.8 Å². The van der Waals surface area contributed by atoms with Gasteiger partial charge in [0, 0.05) is 11.6 Å². The number of hydrogen-bond acceptors (Lipinski definition) is 4. The van der Waals surface area contributed by atoms with Crippen molar-refractivity contribution < 1.29 is 8.42 Å². The number of halogens is 1. The maximum Gasteiger partial charge on any atom is 0.271 e. The summed E-state index contributed by atoms with van der Waals surface area (Å²) in [4.78, 5) is 0. The molecule has 0 aliphatic carbocycles. The number of anilines is 1. The van der Waals surface area contributed by atoms with Gasteiger partial charge in [0.25, 0.3) is 10.0 Å². The van der Waals surface area contributed by atoms with Crippen LogP contribution < -0.4 is 10.5 Å². The predicted octanol–water partition coefficient (Wildman–Crippen LogP) is 2.97. The average Bonchev–Trinajstić information content (AvgIpc) is 2.83.